The summed E-state index contributed by atoms with van der Waals surface area (Å²) in [4.78, 5) is 26.3. The molecule has 0 atom stereocenters. The highest BCUT2D eigenvalue weighted by Gasteiger charge is 2.19. The molecule has 26 heavy (non-hydrogen) atoms. The Labute approximate surface area is 152 Å². The van der Waals surface area contributed by atoms with E-state index in [0.717, 1.165) is 31.5 Å². The summed E-state index contributed by atoms with van der Waals surface area (Å²) in [5.74, 6) is -0.312. The summed E-state index contributed by atoms with van der Waals surface area (Å²) in [7, 11) is 1.48. The van der Waals surface area contributed by atoms with E-state index < -0.39 is 5.97 Å². The average Bonchev–Trinajstić information content (AvgIpc) is 3.21. The van der Waals surface area contributed by atoms with E-state index in [0.29, 0.717) is 11.3 Å². The van der Waals surface area contributed by atoms with Crippen molar-refractivity contribution < 1.29 is 24.2 Å². The van der Waals surface area contributed by atoms with Crippen LogP contribution in [0.2, 0.25) is 0 Å². The van der Waals surface area contributed by atoms with Crippen LogP contribution in [-0.4, -0.2) is 42.1 Å². The number of amides is 1. The van der Waals surface area contributed by atoms with Crippen LogP contribution in [0.5, 0.6) is 11.5 Å². The smallest absolute Gasteiger partial charge is 0.342 e. The number of benzene rings is 2. The third-order valence-electron chi connectivity index (χ3n) is 4.39. The molecule has 1 fully saturated rings. The zero-order chi connectivity index (χ0) is 18.5. The molecule has 0 aliphatic carbocycles. The second-order valence-corrected chi connectivity index (χ2v) is 6.16. The maximum Gasteiger partial charge on any atom is 0.342 e. The zero-order valence-electron chi connectivity index (χ0n) is 14.6. The van der Waals surface area contributed by atoms with E-state index in [4.69, 9.17) is 9.47 Å². The van der Waals surface area contributed by atoms with Crippen molar-refractivity contribution in [1.82, 2.24) is 4.90 Å². The van der Waals surface area contributed by atoms with Gasteiger partial charge in [0, 0.05) is 18.7 Å². The van der Waals surface area contributed by atoms with Crippen LogP contribution in [0, 0.1) is 0 Å². The van der Waals surface area contributed by atoms with Crippen LogP contribution < -0.4 is 4.74 Å². The molecule has 0 aromatic heterocycles. The molecule has 0 unspecified atom stereocenters. The van der Waals surface area contributed by atoms with Gasteiger partial charge in [-0.2, -0.15) is 0 Å². The van der Waals surface area contributed by atoms with Crippen LogP contribution in [0.15, 0.2) is 42.5 Å². The summed E-state index contributed by atoms with van der Waals surface area (Å²) in [5, 5.41) is 9.80. The van der Waals surface area contributed by atoms with Crippen LogP contribution >= 0.6 is 0 Å². The number of phenols is 1. The number of hydrogen-bond donors (Lipinski definition) is 1. The maximum absolute atomic E-state index is 12.3. The predicted molar refractivity (Wildman–Crippen MR) is 95.4 cm³/mol. The second kappa shape index (κ2) is 7.91. The first-order chi connectivity index (χ1) is 12.6. The van der Waals surface area contributed by atoms with Crippen molar-refractivity contribution in [2.75, 3.05) is 20.2 Å². The molecular formula is C20H21NO5. The first kappa shape index (κ1) is 17.8. The van der Waals surface area contributed by atoms with E-state index in [-0.39, 0.29) is 23.8 Å². The highest BCUT2D eigenvalue weighted by Crippen LogP contribution is 2.24. The Balaban J connectivity index is 1.61. The van der Waals surface area contributed by atoms with Gasteiger partial charge in [0.05, 0.1) is 7.11 Å². The zero-order valence-corrected chi connectivity index (χ0v) is 14.6. The Morgan fingerprint density at radius 1 is 1.08 bits per heavy atom. The number of carbonyl (C=O) groups is 2. The average molecular weight is 355 g/mol. The molecule has 0 bridgehead atoms. The lowest BCUT2D eigenvalue weighted by atomic mass is 10.1. The largest absolute Gasteiger partial charge is 0.507 e. The van der Waals surface area contributed by atoms with Gasteiger partial charge in [0.2, 0.25) is 0 Å². The Bertz CT molecular complexity index is 794. The van der Waals surface area contributed by atoms with Crippen molar-refractivity contribution in [2.45, 2.75) is 19.4 Å². The highest BCUT2D eigenvalue weighted by molar-refractivity contribution is 5.94. The van der Waals surface area contributed by atoms with Crippen LogP contribution in [0.4, 0.5) is 0 Å². The van der Waals surface area contributed by atoms with Gasteiger partial charge in [-0.05, 0) is 48.7 Å². The lowest BCUT2D eigenvalue weighted by molar-refractivity contribution is 0.0468. The van der Waals surface area contributed by atoms with Crippen molar-refractivity contribution in [3.63, 3.8) is 0 Å². The van der Waals surface area contributed by atoms with Gasteiger partial charge in [-0.1, -0.05) is 12.1 Å². The molecule has 1 N–H and O–H groups in total. The van der Waals surface area contributed by atoms with E-state index >= 15 is 0 Å². The molecule has 2 aromatic carbocycles. The van der Waals surface area contributed by atoms with E-state index in [1.807, 2.05) is 4.90 Å². The van der Waals surface area contributed by atoms with Gasteiger partial charge < -0.3 is 19.5 Å². The number of hydrogen-bond acceptors (Lipinski definition) is 5. The van der Waals surface area contributed by atoms with Gasteiger partial charge in [0.1, 0.15) is 23.7 Å². The van der Waals surface area contributed by atoms with Crippen LogP contribution in [0.3, 0.4) is 0 Å². The summed E-state index contributed by atoms with van der Waals surface area (Å²) in [6, 6.07) is 11.4. The minimum Gasteiger partial charge on any atom is -0.507 e. The fraction of sp³-hybridized carbons (Fsp3) is 0.300. The molecule has 0 spiro atoms. The van der Waals surface area contributed by atoms with E-state index in [9.17, 15) is 14.7 Å². The molecule has 0 saturated carbocycles. The Hall–Kier alpha value is -3.02. The van der Waals surface area contributed by atoms with Crippen LogP contribution in [0.1, 0.15) is 39.1 Å². The molecule has 0 radical (unpaired) electrons. The summed E-state index contributed by atoms with van der Waals surface area (Å²) >= 11 is 0. The number of nitrogens with zero attached hydrogens (tertiary/aromatic N) is 1. The van der Waals surface area contributed by atoms with E-state index in [2.05, 4.69) is 0 Å². The summed E-state index contributed by atoms with van der Waals surface area (Å²) < 4.78 is 10.3. The second-order valence-electron chi connectivity index (χ2n) is 6.16. The summed E-state index contributed by atoms with van der Waals surface area (Å²) in [6.07, 6.45) is 2.10. The van der Waals surface area contributed by atoms with Crippen LogP contribution in [0.25, 0.3) is 0 Å². The molecule has 1 aliphatic rings. The predicted octanol–water partition coefficient (Wildman–Crippen LogP) is 2.99. The number of esters is 1. The van der Waals surface area contributed by atoms with Crippen molar-refractivity contribution in [3.8, 4) is 11.5 Å². The van der Waals surface area contributed by atoms with Crippen molar-refractivity contribution in [3.05, 3.63) is 59.2 Å². The molecule has 6 nitrogen and oxygen atoms in total. The maximum atomic E-state index is 12.3. The molecule has 1 aliphatic heterocycles. The van der Waals surface area contributed by atoms with Gasteiger partial charge in [-0.15, -0.1) is 0 Å². The fourth-order valence-electron chi connectivity index (χ4n) is 2.88. The summed E-state index contributed by atoms with van der Waals surface area (Å²) in [5.41, 5.74) is 1.44. The molecule has 6 heteroatoms. The van der Waals surface area contributed by atoms with Crippen molar-refractivity contribution in [1.29, 1.82) is 0 Å². The molecule has 136 valence electrons. The number of methoxy groups -OCH3 is 1. The number of aromatic hydroxyl groups is 1. The van der Waals surface area contributed by atoms with Crippen molar-refractivity contribution >= 4 is 11.9 Å². The lowest BCUT2D eigenvalue weighted by Gasteiger charge is -2.15. The quantitative estimate of drug-likeness (QED) is 0.835. The molecule has 1 amide bonds. The SMILES string of the molecule is COc1ccc(O)c(C(=O)OCc2ccc(C(=O)N3CCCC3)cc2)c1. The first-order valence-corrected chi connectivity index (χ1v) is 8.51. The van der Waals surface area contributed by atoms with Crippen molar-refractivity contribution in [2.24, 2.45) is 0 Å². The number of likely N-dealkylation sites (tertiary alicyclic amines) is 1. The Kier molecular flexibility index (Phi) is 5.41. The third-order valence-corrected chi connectivity index (χ3v) is 4.39. The first-order valence-electron chi connectivity index (χ1n) is 8.51. The molecule has 3 rings (SSSR count). The molecule has 1 saturated heterocycles. The van der Waals surface area contributed by atoms with Gasteiger partial charge in [0.15, 0.2) is 0 Å². The number of phenolic OH excluding ortho intramolecular Hbond substituents is 1. The standard InChI is InChI=1S/C20H21NO5/c1-25-16-8-9-18(22)17(12-16)20(24)26-13-14-4-6-15(7-5-14)19(23)21-10-2-3-11-21/h4-9,12,22H,2-3,10-11,13H2,1H3. The van der Waals surface area contributed by atoms with E-state index in [1.165, 1.54) is 19.2 Å². The minimum absolute atomic E-state index is 0.0346. The molecular weight excluding hydrogens is 334 g/mol. The monoisotopic (exact) mass is 355 g/mol. The Morgan fingerprint density at radius 2 is 1.77 bits per heavy atom. The lowest BCUT2D eigenvalue weighted by Crippen LogP contribution is -2.27. The number of ether oxygens (including phenoxy) is 2. The van der Waals surface area contributed by atoms with Gasteiger partial charge >= 0.3 is 5.97 Å². The molecule has 2 aromatic rings. The molecule has 1 heterocycles. The van der Waals surface area contributed by atoms with Gasteiger partial charge in [-0.3, -0.25) is 4.79 Å². The van der Waals surface area contributed by atoms with Gasteiger partial charge in [0.25, 0.3) is 5.91 Å². The van der Waals surface area contributed by atoms with Crippen LogP contribution in [-0.2, 0) is 11.3 Å². The summed E-state index contributed by atoms with van der Waals surface area (Å²) in [6.45, 7) is 1.66. The topological polar surface area (TPSA) is 76.1 Å². The number of carbonyl (C=O) groups excluding carboxylic acids is 2. The van der Waals surface area contributed by atoms with E-state index in [1.54, 1.807) is 30.3 Å². The highest BCUT2D eigenvalue weighted by atomic mass is 16.5. The fourth-order valence-corrected chi connectivity index (χ4v) is 2.88. The Morgan fingerprint density at radius 3 is 2.42 bits per heavy atom. The third kappa shape index (κ3) is 3.96. The van der Waals surface area contributed by atoms with Gasteiger partial charge in [-0.25, -0.2) is 4.79 Å². The normalized spacial score (nSPS) is 13.5. The minimum atomic E-state index is -0.640. The number of rotatable bonds is 5.